The van der Waals surface area contributed by atoms with E-state index in [-0.39, 0.29) is 5.91 Å². The molecule has 2 aromatic carbocycles. The van der Waals surface area contributed by atoms with Crippen LogP contribution in [-0.2, 0) is 17.8 Å². The number of hydrogen-bond donors (Lipinski definition) is 0. The molecule has 7 heteroatoms. The smallest absolute Gasteiger partial charge is 0.230 e. The number of amides is 1. The predicted octanol–water partition coefficient (Wildman–Crippen LogP) is 5.55. The second-order valence-corrected chi connectivity index (χ2v) is 8.27. The third kappa shape index (κ3) is 5.81. The molecule has 30 heavy (non-hydrogen) atoms. The zero-order valence-corrected chi connectivity index (χ0v) is 19.0. The highest BCUT2D eigenvalue weighted by Gasteiger charge is 2.20. The van der Waals surface area contributed by atoms with E-state index in [1.165, 1.54) is 11.3 Å². The van der Waals surface area contributed by atoms with Crippen LogP contribution in [0, 0.1) is 0 Å². The summed E-state index contributed by atoms with van der Waals surface area (Å²) in [6, 6.07) is 15.4. The van der Waals surface area contributed by atoms with Crippen molar-refractivity contribution in [3.63, 3.8) is 0 Å². The number of rotatable bonds is 9. The molecular formula is C23H26ClN3O2S. The van der Waals surface area contributed by atoms with Gasteiger partial charge in [0.05, 0.1) is 11.4 Å². The summed E-state index contributed by atoms with van der Waals surface area (Å²) in [5, 5.41) is 3.37. The molecule has 3 rings (SSSR count). The minimum absolute atomic E-state index is 0.0416. The zero-order valence-electron chi connectivity index (χ0n) is 17.5. The molecule has 1 aromatic heterocycles. The number of hydrogen-bond acceptors (Lipinski definition) is 5. The van der Waals surface area contributed by atoms with Crippen LogP contribution in [0.1, 0.15) is 25.1 Å². The Hall–Kier alpha value is -2.41. The normalized spacial score (nSPS) is 11.0. The second kappa shape index (κ2) is 10.6. The third-order valence-corrected chi connectivity index (χ3v) is 5.74. The molecule has 0 atom stereocenters. The van der Waals surface area contributed by atoms with Gasteiger partial charge in [0.2, 0.25) is 5.91 Å². The number of benzene rings is 2. The monoisotopic (exact) mass is 443 g/mol. The Labute approximate surface area is 186 Å². The average Bonchev–Trinajstić information content (AvgIpc) is 3.16. The molecule has 0 aliphatic rings. The minimum atomic E-state index is -0.0416. The van der Waals surface area contributed by atoms with Crippen molar-refractivity contribution in [2.75, 3.05) is 25.1 Å². The highest BCUT2D eigenvalue weighted by Crippen LogP contribution is 2.32. The standard InChI is InChI=1S/C23H26ClN3O2S/c1-4-18-8-5-6-11-22(18)27(17(2)28)23-25-20(16-30-23)15-26(3)12-13-29-21-10-7-9-19(24)14-21/h5-11,14,16H,4,12-13,15H2,1-3H3. The predicted molar refractivity (Wildman–Crippen MR) is 124 cm³/mol. The largest absolute Gasteiger partial charge is 0.492 e. The summed E-state index contributed by atoms with van der Waals surface area (Å²) in [4.78, 5) is 21.0. The van der Waals surface area contributed by atoms with Gasteiger partial charge < -0.3 is 4.74 Å². The van der Waals surface area contributed by atoms with Gasteiger partial charge in [-0.25, -0.2) is 4.98 Å². The third-order valence-electron chi connectivity index (χ3n) is 4.63. The molecular weight excluding hydrogens is 418 g/mol. The van der Waals surface area contributed by atoms with Crippen LogP contribution >= 0.6 is 22.9 Å². The number of likely N-dealkylation sites (N-methyl/N-ethyl adjacent to an activating group) is 1. The van der Waals surface area contributed by atoms with E-state index in [4.69, 9.17) is 21.3 Å². The Morgan fingerprint density at radius 2 is 2.00 bits per heavy atom. The Bertz CT molecular complexity index is 992. The summed E-state index contributed by atoms with van der Waals surface area (Å²) in [5.74, 6) is 0.721. The first-order valence-corrected chi connectivity index (χ1v) is 11.1. The lowest BCUT2D eigenvalue weighted by Crippen LogP contribution is -2.25. The lowest BCUT2D eigenvalue weighted by atomic mass is 10.1. The van der Waals surface area contributed by atoms with Crippen molar-refractivity contribution in [1.29, 1.82) is 0 Å². The van der Waals surface area contributed by atoms with E-state index in [1.807, 2.05) is 54.9 Å². The Balaban J connectivity index is 1.62. The van der Waals surface area contributed by atoms with Gasteiger partial charge in [0.25, 0.3) is 0 Å². The van der Waals surface area contributed by atoms with E-state index < -0.39 is 0 Å². The van der Waals surface area contributed by atoms with Gasteiger partial charge in [-0.1, -0.05) is 42.8 Å². The molecule has 1 amide bonds. The summed E-state index contributed by atoms with van der Waals surface area (Å²) in [5.41, 5.74) is 2.96. The van der Waals surface area contributed by atoms with Crippen LogP contribution in [0.4, 0.5) is 10.8 Å². The summed E-state index contributed by atoms with van der Waals surface area (Å²) >= 11 is 7.47. The number of thiazole rings is 1. The van der Waals surface area contributed by atoms with E-state index in [2.05, 4.69) is 11.8 Å². The molecule has 0 aliphatic carbocycles. The summed E-state index contributed by atoms with van der Waals surface area (Å²) < 4.78 is 5.76. The maximum absolute atomic E-state index is 12.4. The number of carbonyl (C=O) groups is 1. The SMILES string of the molecule is CCc1ccccc1N(C(C)=O)c1nc(CN(C)CCOc2cccc(Cl)c2)cs1. The van der Waals surface area contributed by atoms with Crippen LogP contribution in [0.3, 0.4) is 0 Å². The quantitative estimate of drug-likeness (QED) is 0.434. The number of nitrogens with zero attached hydrogens (tertiary/aromatic N) is 3. The van der Waals surface area contributed by atoms with Crippen LogP contribution in [0.15, 0.2) is 53.9 Å². The van der Waals surface area contributed by atoms with Gasteiger partial charge in [0.15, 0.2) is 5.13 Å². The first kappa shape index (κ1) is 22.3. The van der Waals surface area contributed by atoms with E-state index in [9.17, 15) is 4.79 Å². The summed E-state index contributed by atoms with van der Waals surface area (Å²) in [6.07, 6.45) is 0.855. The fourth-order valence-electron chi connectivity index (χ4n) is 3.14. The van der Waals surface area contributed by atoms with Crippen LogP contribution in [0.2, 0.25) is 5.02 Å². The molecule has 3 aromatic rings. The molecule has 0 spiro atoms. The summed E-state index contributed by atoms with van der Waals surface area (Å²) in [6.45, 7) is 5.64. The molecule has 0 saturated heterocycles. The fourth-order valence-corrected chi connectivity index (χ4v) is 4.19. The molecule has 0 radical (unpaired) electrons. The molecule has 0 N–H and O–H groups in total. The van der Waals surface area contributed by atoms with E-state index in [1.54, 1.807) is 17.9 Å². The van der Waals surface area contributed by atoms with Crippen molar-refractivity contribution in [2.24, 2.45) is 0 Å². The van der Waals surface area contributed by atoms with Crippen LogP contribution in [0.5, 0.6) is 5.75 Å². The number of anilines is 2. The number of carbonyl (C=O) groups excluding carboxylic acids is 1. The van der Waals surface area contributed by atoms with Crippen molar-refractivity contribution in [3.8, 4) is 5.75 Å². The highest BCUT2D eigenvalue weighted by molar-refractivity contribution is 7.14. The van der Waals surface area contributed by atoms with Gasteiger partial charge in [-0.2, -0.15) is 0 Å². The molecule has 0 bridgehead atoms. The highest BCUT2D eigenvalue weighted by atomic mass is 35.5. The van der Waals surface area contributed by atoms with E-state index in [0.29, 0.717) is 23.3 Å². The number of para-hydroxylation sites is 1. The molecule has 1 heterocycles. The first-order valence-electron chi connectivity index (χ1n) is 9.88. The lowest BCUT2D eigenvalue weighted by molar-refractivity contribution is -0.115. The van der Waals surface area contributed by atoms with Crippen molar-refractivity contribution >= 4 is 39.7 Å². The molecule has 0 unspecified atom stereocenters. The molecule has 0 fully saturated rings. The van der Waals surface area contributed by atoms with Crippen LogP contribution in [0.25, 0.3) is 0 Å². The van der Waals surface area contributed by atoms with Crippen molar-refractivity contribution in [1.82, 2.24) is 9.88 Å². The first-order chi connectivity index (χ1) is 14.5. The topological polar surface area (TPSA) is 45.7 Å². The van der Waals surface area contributed by atoms with Gasteiger partial charge in [-0.05, 0) is 43.3 Å². The Morgan fingerprint density at radius 1 is 1.20 bits per heavy atom. The minimum Gasteiger partial charge on any atom is -0.492 e. The van der Waals surface area contributed by atoms with Crippen LogP contribution in [-0.4, -0.2) is 36.0 Å². The van der Waals surface area contributed by atoms with E-state index in [0.717, 1.165) is 35.7 Å². The van der Waals surface area contributed by atoms with Crippen molar-refractivity contribution < 1.29 is 9.53 Å². The van der Waals surface area contributed by atoms with Crippen molar-refractivity contribution in [2.45, 2.75) is 26.8 Å². The van der Waals surface area contributed by atoms with E-state index >= 15 is 0 Å². The molecule has 0 saturated carbocycles. The van der Waals surface area contributed by atoms with Gasteiger partial charge in [0, 0.05) is 30.4 Å². The fraction of sp³-hybridized carbons (Fsp3) is 0.304. The maximum Gasteiger partial charge on any atom is 0.230 e. The molecule has 158 valence electrons. The van der Waals surface area contributed by atoms with Gasteiger partial charge in [0.1, 0.15) is 12.4 Å². The number of halogens is 1. The zero-order chi connectivity index (χ0) is 21.5. The Kier molecular flexibility index (Phi) is 7.85. The summed E-state index contributed by atoms with van der Waals surface area (Å²) in [7, 11) is 2.02. The van der Waals surface area contributed by atoms with Crippen molar-refractivity contribution in [3.05, 3.63) is 70.2 Å². The van der Waals surface area contributed by atoms with Gasteiger partial charge >= 0.3 is 0 Å². The Morgan fingerprint density at radius 3 is 2.73 bits per heavy atom. The number of ether oxygens (including phenoxy) is 1. The van der Waals surface area contributed by atoms with Gasteiger partial charge in [-0.3, -0.25) is 14.6 Å². The van der Waals surface area contributed by atoms with Gasteiger partial charge in [-0.15, -0.1) is 11.3 Å². The number of aromatic nitrogens is 1. The molecule has 5 nitrogen and oxygen atoms in total. The van der Waals surface area contributed by atoms with Crippen LogP contribution < -0.4 is 9.64 Å². The maximum atomic E-state index is 12.4. The second-order valence-electron chi connectivity index (χ2n) is 7.00. The molecule has 0 aliphatic heterocycles. The number of aryl methyl sites for hydroxylation is 1. The average molecular weight is 444 g/mol. The lowest BCUT2D eigenvalue weighted by Gasteiger charge is -2.21.